The quantitative estimate of drug-likeness (QED) is 0.181. The Morgan fingerprint density at radius 3 is 1.46 bits per heavy atom. The van der Waals surface area contributed by atoms with Crippen molar-refractivity contribution < 1.29 is 0 Å². The molecule has 9 aromatic rings. The second-order valence-corrected chi connectivity index (χ2v) is 12.1. The fourth-order valence-corrected chi connectivity index (χ4v) is 7.16. The smallest absolute Gasteiger partial charge is 0.00141 e. The van der Waals surface area contributed by atoms with Crippen molar-refractivity contribution in [1.82, 2.24) is 0 Å². The molecule has 0 N–H and O–H groups in total. The zero-order valence-corrected chi connectivity index (χ0v) is 25.3. The van der Waals surface area contributed by atoms with Crippen LogP contribution < -0.4 is 0 Å². The highest BCUT2D eigenvalue weighted by Crippen LogP contribution is 2.43. The van der Waals surface area contributed by atoms with Gasteiger partial charge in [0.25, 0.3) is 0 Å². The predicted molar refractivity (Wildman–Crippen MR) is 198 cm³/mol. The molecule has 0 atom stereocenters. The normalized spacial score (nSPS) is 11.5. The number of hydrogen-bond donors (Lipinski definition) is 0. The second kappa shape index (κ2) is 10.9. The predicted octanol–water partition coefficient (Wildman–Crippen LogP) is 13.0. The molecule has 0 aliphatic rings. The number of hydrogen-bond acceptors (Lipinski definition) is 0. The molecule has 0 amide bonds. The number of rotatable bonds is 4. The van der Waals surface area contributed by atoms with Crippen LogP contribution in [0.3, 0.4) is 0 Å². The van der Waals surface area contributed by atoms with E-state index < -0.39 is 0 Å². The first kappa shape index (κ1) is 26.4. The molecule has 9 rings (SSSR count). The molecule has 0 bridgehead atoms. The SMILES string of the molecule is c1ccc(-c2cccc(-c3ccc4ccc5c(-c6cccc(-c7ccccc7)c6)cc6ccc7ccccc7c6c5c4c3)c2)cc1. The topological polar surface area (TPSA) is 0 Å². The van der Waals surface area contributed by atoms with Gasteiger partial charge in [-0.05, 0) is 112 Å². The van der Waals surface area contributed by atoms with Crippen molar-refractivity contribution in [3.05, 3.63) is 182 Å². The van der Waals surface area contributed by atoms with E-state index in [4.69, 9.17) is 0 Å². The van der Waals surface area contributed by atoms with Crippen molar-refractivity contribution in [2.45, 2.75) is 0 Å². The average Bonchev–Trinajstić information content (AvgIpc) is 3.14. The van der Waals surface area contributed by atoms with Gasteiger partial charge in [-0.3, -0.25) is 0 Å². The third-order valence-electron chi connectivity index (χ3n) is 9.41. The van der Waals surface area contributed by atoms with E-state index in [0.717, 1.165) is 0 Å². The van der Waals surface area contributed by atoms with Crippen LogP contribution in [-0.4, -0.2) is 0 Å². The van der Waals surface area contributed by atoms with Crippen LogP contribution in [-0.2, 0) is 0 Å². The van der Waals surface area contributed by atoms with Crippen molar-refractivity contribution in [2.24, 2.45) is 0 Å². The maximum absolute atomic E-state index is 2.41. The van der Waals surface area contributed by atoms with Gasteiger partial charge in [0.2, 0.25) is 0 Å². The molecule has 9 aromatic carbocycles. The molecule has 0 fully saturated rings. The number of fused-ring (bicyclic) bond motifs is 7. The molecule has 0 radical (unpaired) electrons. The summed E-state index contributed by atoms with van der Waals surface area (Å²) in [6, 6.07) is 66.6. The highest BCUT2D eigenvalue weighted by atomic mass is 14.2. The van der Waals surface area contributed by atoms with Gasteiger partial charge in [-0.15, -0.1) is 0 Å². The van der Waals surface area contributed by atoms with E-state index in [1.807, 2.05) is 0 Å². The van der Waals surface area contributed by atoms with E-state index in [2.05, 4.69) is 182 Å². The minimum atomic E-state index is 1.22. The summed E-state index contributed by atoms with van der Waals surface area (Å²) < 4.78 is 0. The molecule has 0 aliphatic carbocycles. The highest BCUT2D eigenvalue weighted by Gasteiger charge is 2.15. The standard InChI is InChI=1S/C46H30/c1-3-11-31(12-4-1)35-16-9-18-37(27-35)38-23-21-34-25-26-42-43(39-19-10-17-36(28-39)32-13-5-2-6-14-32)30-40-24-22-33-15-7-8-20-41(33)45(40)46(42)44(34)29-38/h1-30H. The van der Waals surface area contributed by atoms with Crippen LogP contribution in [0.25, 0.3) is 87.6 Å². The summed E-state index contributed by atoms with van der Waals surface area (Å²) in [7, 11) is 0. The maximum atomic E-state index is 2.41. The Labute approximate surface area is 268 Å². The third kappa shape index (κ3) is 4.47. The summed E-state index contributed by atoms with van der Waals surface area (Å²) in [6.45, 7) is 0. The minimum absolute atomic E-state index is 1.22. The Hall–Kier alpha value is -5.98. The van der Waals surface area contributed by atoms with Gasteiger partial charge >= 0.3 is 0 Å². The first-order valence-corrected chi connectivity index (χ1v) is 15.9. The van der Waals surface area contributed by atoms with Gasteiger partial charge in [0.15, 0.2) is 0 Å². The van der Waals surface area contributed by atoms with Crippen LogP contribution in [0.5, 0.6) is 0 Å². The van der Waals surface area contributed by atoms with Crippen LogP contribution in [0, 0.1) is 0 Å². The molecule has 0 heterocycles. The summed E-state index contributed by atoms with van der Waals surface area (Å²) in [5, 5.41) is 10.2. The van der Waals surface area contributed by atoms with Crippen LogP contribution in [0.15, 0.2) is 182 Å². The monoisotopic (exact) mass is 582 g/mol. The van der Waals surface area contributed by atoms with Crippen LogP contribution in [0.2, 0.25) is 0 Å². The molecule has 0 saturated heterocycles. The van der Waals surface area contributed by atoms with E-state index in [1.165, 1.54) is 87.6 Å². The summed E-state index contributed by atoms with van der Waals surface area (Å²) in [6.07, 6.45) is 0. The van der Waals surface area contributed by atoms with E-state index in [0.29, 0.717) is 0 Å². The van der Waals surface area contributed by atoms with Gasteiger partial charge in [-0.1, -0.05) is 158 Å². The molecule has 0 spiro atoms. The van der Waals surface area contributed by atoms with Gasteiger partial charge in [0, 0.05) is 0 Å². The van der Waals surface area contributed by atoms with Gasteiger partial charge in [0.05, 0.1) is 0 Å². The molecule has 0 unspecified atom stereocenters. The first-order valence-electron chi connectivity index (χ1n) is 15.9. The minimum Gasteiger partial charge on any atom is -0.0622 e. The molecular weight excluding hydrogens is 553 g/mol. The van der Waals surface area contributed by atoms with Gasteiger partial charge in [0.1, 0.15) is 0 Å². The molecule has 0 aromatic heterocycles. The van der Waals surface area contributed by atoms with E-state index in [-0.39, 0.29) is 0 Å². The molecule has 214 valence electrons. The Balaban J connectivity index is 1.34. The molecule has 0 nitrogen and oxygen atoms in total. The van der Waals surface area contributed by atoms with E-state index >= 15 is 0 Å². The Kier molecular flexibility index (Phi) is 6.25. The van der Waals surface area contributed by atoms with Gasteiger partial charge in [-0.2, -0.15) is 0 Å². The number of benzene rings is 9. The molecule has 46 heavy (non-hydrogen) atoms. The lowest BCUT2D eigenvalue weighted by molar-refractivity contribution is 1.60. The van der Waals surface area contributed by atoms with Crippen LogP contribution in [0.1, 0.15) is 0 Å². The van der Waals surface area contributed by atoms with Crippen LogP contribution >= 0.6 is 0 Å². The third-order valence-corrected chi connectivity index (χ3v) is 9.41. The molecule has 0 saturated carbocycles. The molecular formula is C46H30. The zero-order chi connectivity index (χ0) is 30.5. The Morgan fingerprint density at radius 1 is 0.217 bits per heavy atom. The zero-order valence-electron chi connectivity index (χ0n) is 25.3. The molecule has 0 aliphatic heterocycles. The summed E-state index contributed by atoms with van der Waals surface area (Å²) >= 11 is 0. The summed E-state index contributed by atoms with van der Waals surface area (Å²) in [5.41, 5.74) is 9.85. The highest BCUT2D eigenvalue weighted by molar-refractivity contribution is 6.30. The summed E-state index contributed by atoms with van der Waals surface area (Å²) in [4.78, 5) is 0. The fraction of sp³-hybridized carbons (Fsp3) is 0. The van der Waals surface area contributed by atoms with Crippen molar-refractivity contribution in [2.75, 3.05) is 0 Å². The van der Waals surface area contributed by atoms with Crippen molar-refractivity contribution in [3.8, 4) is 44.5 Å². The van der Waals surface area contributed by atoms with Gasteiger partial charge in [-0.25, -0.2) is 0 Å². The van der Waals surface area contributed by atoms with Crippen LogP contribution in [0.4, 0.5) is 0 Å². The van der Waals surface area contributed by atoms with Crippen molar-refractivity contribution in [3.63, 3.8) is 0 Å². The second-order valence-electron chi connectivity index (χ2n) is 12.1. The summed E-state index contributed by atoms with van der Waals surface area (Å²) in [5.74, 6) is 0. The maximum Gasteiger partial charge on any atom is -0.00141 e. The van der Waals surface area contributed by atoms with Gasteiger partial charge < -0.3 is 0 Å². The molecule has 0 heteroatoms. The van der Waals surface area contributed by atoms with Crippen molar-refractivity contribution >= 4 is 43.1 Å². The lowest BCUT2D eigenvalue weighted by Crippen LogP contribution is -1.89. The largest absolute Gasteiger partial charge is 0.0622 e. The van der Waals surface area contributed by atoms with E-state index in [9.17, 15) is 0 Å². The lowest BCUT2D eigenvalue weighted by Gasteiger charge is -2.17. The fourth-order valence-electron chi connectivity index (χ4n) is 7.16. The Morgan fingerprint density at radius 2 is 0.717 bits per heavy atom. The average molecular weight is 583 g/mol. The van der Waals surface area contributed by atoms with E-state index in [1.54, 1.807) is 0 Å². The first-order chi connectivity index (χ1) is 22.8. The Bertz CT molecular complexity index is 2560. The lowest BCUT2D eigenvalue weighted by atomic mass is 9.87. The van der Waals surface area contributed by atoms with Crippen molar-refractivity contribution in [1.29, 1.82) is 0 Å².